The van der Waals surface area contributed by atoms with Crippen LogP contribution in [0.1, 0.15) is 63.4 Å². The third-order valence-corrected chi connectivity index (χ3v) is 9.89. The molecule has 2 saturated heterocycles. The molecule has 0 unspecified atom stereocenters. The quantitative estimate of drug-likeness (QED) is 0.587. The first kappa shape index (κ1) is 26.4. The molecule has 2 N–H and O–H groups in total. The van der Waals surface area contributed by atoms with Crippen LogP contribution in [0.25, 0.3) is 0 Å². The minimum absolute atomic E-state index is 0.0270. The van der Waals surface area contributed by atoms with Crippen molar-refractivity contribution in [2.45, 2.75) is 81.1 Å². The number of nitrogens with zero attached hydrogens (tertiary/aromatic N) is 4. The number of rotatable bonds is 7. The van der Waals surface area contributed by atoms with Crippen LogP contribution < -0.4 is 0 Å². The Bertz CT molecular complexity index is 958. The van der Waals surface area contributed by atoms with E-state index in [2.05, 4.69) is 54.2 Å². The molecule has 37 heavy (non-hydrogen) atoms. The second-order valence-electron chi connectivity index (χ2n) is 12.1. The number of benzene rings is 1. The second kappa shape index (κ2) is 10.5. The summed E-state index contributed by atoms with van der Waals surface area (Å²) in [7, 11) is 4.34. The Labute approximate surface area is 221 Å². The molecule has 3 amide bonds. The molecule has 2 aliphatic heterocycles. The molecule has 1 aromatic rings. The average molecular weight is 513 g/mol. The van der Waals surface area contributed by atoms with Crippen LogP contribution in [0.2, 0.25) is 0 Å². The van der Waals surface area contributed by atoms with Crippen molar-refractivity contribution in [2.75, 3.05) is 46.8 Å². The number of carbonyl (C=O) groups excluding carboxylic acids is 2. The number of amides is 3. The van der Waals surface area contributed by atoms with E-state index in [4.69, 9.17) is 0 Å². The van der Waals surface area contributed by atoms with Crippen LogP contribution in [-0.4, -0.2) is 106 Å². The zero-order chi connectivity index (χ0) is 26.2. The highest BCUT2D eigenvalue weighted by Gasteiger charge is 2.54. The monoisotopic (exact) mass is 512 g/mol. The maximum Gasteiger partial charge on any atom is 0.320 e. The maximum atomic E-state index is 13.7. The second-order valence-corrected chi connectivity index (χ2v) is 12.1. The fraction of sp³-hybridized carbons (Fsp3) is 0.724. The molecule has 0 aromatic heterocycles. The molecular weight excluding hydrogens is 468 g/mol. The molecule has 4 aliphatic rings. The number of hydrogen-bond acceptors (Lipinski definition) is 5. The molecule has 8 heteroatoms. The minimum Gasteiger partial charge on any atom is -0.390 e. The first-order valence-corrected chi connectivity index (χ1v) is 14.2. The lowest BCUT2D eigenvalue weighted by Crippen LogP contribution is -2.56. The Morgan fingerprint density at radius 3 is 2.32 bits per heavy atom. The van der Waals surface area contributed by atoms with Gasteiger partial charge in [0.15, 0.2) is 0 Å². The Balaban J connectivity index is 1.29. The smallest absolute Gasteiger partial charge is 0.320 e. The first-order valence-electron chi connectivity index (χ1n) is 14.2. The number of aliphatic hydroxyl groups excluding tert-OH is 2. The van der Waals surface area contributed by atoms with Gasteiger partial charge in [-0.05, 0) is 70.5 Å². The van der Waals surface area contributed by atoms with Gasteiger partial charge in [-0.2, -0.15) is 0 Å². The van der Waals surface area contributed by atoms with Gasteiger partial charge in [0.2, 0.25) is 5.91 Å². The summed E-state index contributed by atoms with van der Waals surface area (Å²) in [6.07, 6.45) is 6.57. The summed E-state index contributed by atoms with van der Waals surface area (Å²) >= 11 is 0. The lowest BCUT2D eigenvalue weighted by molar-refractivity contribution is -0.137. The Morgan fingerprint density at radius 2 is 1.73 bits per heavy atom. The van der Waals surface area contributed by atoms with E-state index in [1.165, 1.54) is 24.8 Å². The van der Waals surface area contributed by atoms with E-state index >= 15 is 0 Å². The molecule has 2 atom stereocenters. The van der Waals surface area contributed by atoms with Crippen molar-refractivity contribution in [3.63, 3.8) is 0 Å². The molecule has 1 aromatic carbocycles. The van der Waals surface area contributed by atoms with Crippen molar-refractivity contribution >= 4 is 11.9 Å². The lowest BCUT2D eigenvalue weighted by Gasteiger charge is -2.51. The van der Waals surface area contributed by atoms with Gasteiger partial charge < -0.3 is 24.9 Å². The number of aliphatic hydroxyl groups is 2. The topological polar surface area (TPSA) is 87.6 Å². The first-order chi connectivity index (χ1) is 17.7. The number of carbonyl (C=O) groups is 2. The molecule has 2 heterocycles. The Kier molecular flexibility index (Phi) is 7.53. The number of likely N-dealkylation sites (tertiary alicyclic amines) is 1. The van der Waals surface area contributed by atoms with Crippen LogP contribution >= 0.6 is 0 Å². The zero-order valence-corrected chi connectivity index (χ0v) is 22.5. The fourth-order valence-corrected chi connectivity index (χ4v) is 7.10. The normalized spacial score (nSPS) is 32.9. The molecular formula is C29H44N4O4. The van der Waals surface area contributed by atoms with Crippen molar-refractivity contribution in [1.29, 1.82) is 0 Å². The van der Waals surface area contributed by atoms with E-state index < -0.39 is 12.2 Å². The molecule has 8 nitrogen and oxygen atoms in total. The van der Waals surface area contributed by atoms with Gasteiger partial charge in [0.1, 0.15) is 0 Å². The summed E-state index contributed by atoms with van der Waals surface area (Å²) < 4.78 is 0. The fourth-order valence-electron chi connectivity index (χ4n) is 7.10. The van der Waals surface area contributed by atoms with Gasteiger partial charge in [-0.1, -0.05) is 36.8 Å². The highest BCUT2D eigenvalue weighted by molar-refractivity contribution is 5.80. The van der Waals surface area contributed by atoms with Crippen LogP contribution in [0.4, 0.5) is 4.79 Å². The van der Waals surface area contributed by atoms with Crippen molar-refractivity contribution in [1.82, 2.24) is 19.6 Å². The molecule has 4 fully saturated rings. The van der Waals surface area contributed by atoms with Crippen LogP contribution in [0, 0.1) is 5.92 Å². The van der Waals surface area contributed by atoms with Crippen LogP contribution in [0.5, 0.6) is 0 Å². The van der Waals surface area contributed by atoms with Gasteiger partial charge in [0.05, 0.1) is 17.7 Å². The van der Waals surface area contributed by atoms with E-state index in [-0.39, 0.29) is 36.0 Å². The third-order valence-electron chi connectivity index (χ3n) is 9.89. The molecule has 0 bridgehead atoms. The van der Waals surface area contributed by atoms with Crippen molar-refractivity contribution in [3.05, 3.63) is 35.9 Å². The van der Waals surface area contributed by atoms with Gasteiger partial charge in [-0.3, -0.25) is 9.69 Å². The number of β-amino-alcohol motifs (C(OH)–C–C–N with tert-alkyl or cyclic N) is 1. The predicted octanol–water partition coefficient (Wildman–Crippen LogP) is 2.64. The van der Waals surface area contributed by atoms with Crippen molar-refractivity contribution < 1.29 is 19.8 Å². The van der Waals surface area contributed by atoms with Gasteiger partial charge in [-0.15, -0.1) is 0 Å². The summed E-state index contributed by atoms with van der Waals surface area (Å²) in [6.45, 7) is 2.55. The average Bonchev–Trinajstić information content (AvgIpc) is 3.12. The van der Waals surface area contributed by atoms with Crippen molar-refractivity contribution in [2.24, 2.45) is 5.92 Å². The minimum atomic E-state index is -0.892. The number of piperidine rings is 1. The maximum absolute atomic E-state index is 13.7. The molecule has 204 valence electrons. The molecule has 2 saturated carbocycles. The highest BCUT2D eigenvalue weighted by atomic mass is 16.3. The Morgan fingerprint density at radius 1 is 1.03 bits per heavy atom. The number of hydrogen-bond donors (Lipinski definition) is 2. The van der Waals surface area contributed by atoms with E-state index in [9.17, 15) is 19.8 Å². The van der Waals surface area contributed by atoms with E-state index in [1.54, 1.807) is 4.90 Å². The summed E-state index contributed by atoms with van der Waals surface area (Å²) in [4.78, 5) is 34.7. The summed E-state index contributed by atoms with van der Waals surface area (Å²) in [6, 6.07) is 10.9. The zero-order valence-electron chi connectivity index (χ0n) is 22.5. The Hall–Kier alpha value is -2.16. The summed E-state index contributed by atoms with van der Waals surface area (Å²) in [5.41, 5.74) is 1.15. The molecule has 0 radical (unpaired) electrons. The molecule has 2 aliphatic carbocycles. The highest BCUT2D eigenvalue weighted by Crippen LogP contribution is 2.49. The van der Waals surface area contributed by atoms with Crippen molar-refractivity contribution in [3.8, 4) is 0 Å². The van der Waals surface area contributed by atoms with Crippen LogP contribution in [-0.2, 0) is 10.3 Å². The summed E-state index contributed by atoms with van der Waals surface area (Å²) in [5.74, 6) is 0.544. The van der Waals surface area contributed by atoms with Gasteiger partial charge in [-0.25, -0.2) is 4.79 Å². The molecule has 5 rings (SSSR count). The van der Waals surface area contributed by atoms with Gasteiger partial charge >= 0.3 is 6.03 Å². The standard InChI is InChI=1S/C29H44N4O4/c1-30(2)29(23-9-4-3-5-10-23)15-13-28(14-16-29)21-32(27(37)33(28)19-22-7-6-8-22)18-12-26(36)31-17-11-24(34)25(35)20-31/h3-5,9-10,22,24-25,34-35H,6-8,11-21H2,1-2H3/t24-,25-,28-,29+/m0/s1. The lowest BCUT2D eigenvalue weighted by atomic mass is 9.68. The molecule has 1 spiro atoms. The SMILES string of the molecule is CN(C)[C@]1(c2ccccc2)CC[C@]2(CC1)CN(CCC(=O)N1CC[C@H](O)[C@@H](O)C1)C(=O)N2CC1CCC1. The van der Waals surface area contributed by atoms with Crippen LogP contribution in [0.15, 0.2) is 30.3 Å². The van der Waals surface area contributed by atoms with Gasteiger partial charge in [0.25, 0.3) is 0 Å². The summed E-state index contributed by atoms with van der Waals surface area (Å²) in [5, 5.41) is 19.8. The van der Waals surface area contributed by atoms with Crippen LogP contribution in [0.3, 0.4) is 0 Å². The predicted molar refractivity (Wildman–Crippen MR) is 142 cm³/mol. The van der Waals surface area contributed by atoms with E-state index in [0.29, 0.717) is 32.0 Å². The van der Waals surface area contributed by atoms with E-state index in [1.807, 2.05) is 4.90 Å². The third kappa shape index (κ3) is 5.00. The largest absolute Gasteiger partial charge is 0.390 e. The number of urea groups is 1. The van der Waals surface area contributed by atoms with Gasteiger partial charge in [0, 0.05) is 44.7 Å². The van der Waals surface area contributed by atoms with E-state index in [0.717, 1.165) is 32.2 Å².